The second kappa shape index (κ2) is 40.2. The van der Waals surface area contributed by atoms with Crippen molar-refractivity contribution >= 4 is 19.8 Å². The molecule has 0 radical (unpaired) electrons. The summed E-state index contributed by atoms with van der Waals surface area (Å²) in [6, 6.07) is 0. The zero-order valence-electron chi connectivity index (χ0n) is 35.0. The average Bonchev–Trinajstić information content (AvgIpc) is 3.16. The van der Waals surface area contributed by atoms with Crippen LogP contribution in [0.2, 0.25) is 0 Å². The summed E-state index contributed by atoms with van der Waals surface area (Å²) in [5.41, 5.74) is 0. The van der Waals surface area contributed by atoms with Gasteiger partial charge in [0.05, 0.1) is 26.4 Å². The molecule has 0 aliphatic rings. The van der Waals surface area contributed by atoms with Gasteiger partial charge in [-0.3, -0.25) is 18.6 Å². The van der Waals surface area contributed by atoms with Crippen molar-refractivity contribution in [3.8, 4) is 0 Å². The van der Waals surface area contributed by atoms with E-state index >= 15 is 0 Å². The number of aliphatic hydroxyl groups excluding tert-OH is 2. The van der Waals surface area contributed by atoms with Gasteiger partial charge in [0.15, 0.2) is 0 Å². The van der Waals surface area contributed by atoms with E-state index in [-0.39, 0.29) is 12.8 Å². The van der Waals surface area contributed by atoms with Crippen LogP contribution in [-0.4, -0.2) is 65.7 Å². The average molecular weight is 793 g/mol. The molecule has 0 aromatic rings. The van der Waals surface area contributed by atoms with Crippen molar-refractivity contribution in [2.45, 2.75) is 238 Å². The molecule has 0 amide bonds. The molecule has 0 spiro atoms. The van der Waals surface area contributed by atoms with E-state index in [1.165, 1.54) is 148 Å². The number of esters is 2. The maximum absolute atomic E-state index is 12.3. The summed E-state index contributed by atoms with van der Waals surface area (Å²) in [6.07, 6.45) is 36.5. The zero-order chi connectivity index (χ0) is 39.8. The first-order chi connectivity index (χ1) is 26.3. The van der Waals surface area contributed by atoms with Gasteiger partial charge >= 0.3 is 19.8 Å². The molecule has 3 unspecified atom stereocenters. The van der Waals surface area contributed by atoms with Crippen LogP contribution >= 0.6 is 7.82 Å². The number of hydrogen-bond donors (Lipinski definition) is 3. The van der Waals surface area contributed by atoms with E-state index in [4.69, 9.17) is 18.5 Å². The molecule has 11 heteroatoms. The van der Waals surface area contributed by atoms with Crippen molar-refractivity contribution < 1.29 is 47.8 Å². The minimum atomic E-state index is -4.62. The SMILES string of the molecule is CCCCCCCCCCCCCCCCCCCCCCC(=O)OC(CO)COP(=O)(O)OCC(CO)OC(=O)CCCCCCCCCCCCC. The van der Waals surface area contributed by atoms with E-state index in [9.17, 15) is 29.3 Å². The van der Waals surface area contributed by atoms with Crippen LogP contribution in [0.4, 0.5) is 0 Å². The third-order valence-corrected chi connectivity index (χ3v) is 11.0. The fraction of sp³-hybridized carbons (Fsp3) is 0.953. The standard InChI is InChI=1S/C43H85O10P/c1-3-5-7-9-11-13-15-16-17-18-19-20-21-22-23-25-27-29-31-33-35-43(47)53-41(37-45)39-51-54(48,49)50-38-40(36-44)52-42(46)34-32-30-28-26-24-14-12-10-8-6-4-2/h40-41,44-45H,3-39H2,1-2H3,(H,48,49). The topological polar surface area (TPSA) is 149 Å². The molecular weight excluding hydrogens is 707 g/mol. The Kier molecular flexibility index (Phi) is 39.4. The highest BCUT2D eigenvalue weighted by atomic mass is 31.2. The number of phosphoric acid groups is 1. The molecule has 0 saturated heterocycles. The van der Waals surface area contributed by atoms with Gasteiger partial charge in [0.2, 0.25) is 0 Å². The molecular formula is C43H85O10P. The maximum Gasteiger partial charge on any atom is 0.472 e. The number of carbonyl (C=O) groups is 2. The van der Waals surface area contributed by atoms with Crippen molar-refractivity contribution in [3.63, 3.8) is 0 Å². The summed E-state index contributed by atoms with van der Waals surface area (Å²) in [4.78, 5) is 34.5. The molecule has 0 rings (SSSR count). The molecule has 3 atom stereocenters. The van der Waals surface area contributed by atoms with Crippen LogP contribution in [0.25, 0.3) is 0 Å². The highest BCUT2D eigenvalue weighted by molar-refractivity contribution is 7.47. The fourth-order valence-corrected chi connectivity index (χ4v) is 7.37. The number of unbranched alkanes of at least 4 members (excludes halogenated alkanes) is 29. The highest BCUT2D eigenvalue weighted by Gasteiger charge is 2.27. The lowest BCUT2D eigenvalue weighted by Gasteiger charge is -2.20. The van der Waals surface area contributed by atoms with Crippen molar-refractivity contribution in [2.75, 3.05) is 26.4 Å². The van der Waals surface area contributed by atoms with E-state index in [1.54, 1.807) is 0 Å². The largest absolute Gasteiger partial charge is 0.472 e. The number of ether oxygens (including phenoxy) is 2. The molecule has 0 heterocycles. The van der Waals surface area contributed by atoms with Crippen LogP contribution in [0.5, 0.6) is 0 Å². The Hall–Kier alpha value is -1.03. The van der Waals surface area contributed by atoms with E-state index in [2.05, 4.69) is 13.8 Å². The van der Waals surface area contributed by atoms with Gasteiger partial charge < -0.3 is 24.6 Å². The van der Waals surface area contributed by atoms with E-state index in [0.717, 1.165) is 38.5 Å². The number of rotatable bonds is 43. The minimum Gasteiger partial charge on any atom is -0.457 e. The second-order valence-electron chi connectivity index (χ2n) is 15.4. The fourth-order valence-electron chi connectivity index (χ4n) is 6.59. The van der Waals surface area contributed by atoms with Crippen LogP contribution in [-0.2, 0) is 32.7 Å². The molecule has 0 aromatic carbocycles. The third kappa shape index (κ3) is 37.9. The first kappa shape index (κ1) is 53.0. The Bertz CT molecular complexity index is 873. The predicted octanol–water partition coefficient (Wildman–Crippen LogP) is 11.8. The molecule has 0 saturated carbocycles. The summed E-state index contributed by atoms with van der Waals surface area (Å²) in [5.74, 6) is -1.01. The highest BCUT2D eigenvalue weighted by Crippen LogP contribution is 2.43. The van der Waals surface area contributed by atoms with Gasteiger partial charge in [-0.2, -0.15) is 0 Å². The smallest absolute Gasteiger partial charge is 0.457 e. The number of aliphatic hydroxyl groups is 2. The number of carbonyl (C=O) groups excluding carboxylic acids is 2. The van der Waals surface area contributed by atoms with Gasteiger partial charge in [-0.1, -0.05) is 200 Å². The molecule has 0 aromatic heterocycles. The molecule has 10 nitrogen and oxygen atoms in total. The van der Waals surface area contributed by atoms with Gasteiger partial charge in [-0.05, 0) is 12.8 Å². The molecule has 0 bridgehead atoms. The summed E-state index contributed by atoms with van der Waals surface area (Å²) in [5, 5.41) is 19.1. The van der Waals surface area contributed by atoms with Crippen LogP contribution < -0.4 is 0 Å². The summed E-state index contributed by atoms with van der Waals surface area (Å²) in [6.45, 7) is 2.24. The Morgan fingerprint density at radius 3 is 0.870 bits per heavy atom. The molecule has 322 valence electrons. The van der Waals surface area contributed by atoms with Crippen molar-refractivity contribution in [1.82, 2.24) is 0 Å². The number of phosphoric ester groups is 1. The van der Waals surface area contributed by atoms with Gasteiger partial charge in [0.1, 0.15) is 12.2 Å². The van der Waals surface area contributed by atoms with Crippen molar-refractivity contribution in [2.24, 2.45) is 0 Å². The number of hydrogen-bond acceptors (Lipinski definition) is 9. The monoisotopic (exact) mass is 793 g/mol. The lowest BCUT2D eigenvalue weighted by Crippen LogP contribution is -2.28. The normalized spacial score (nSPS) is 13.8. The van der Waals surface area contributed by atoms with Crippen LogP contribution in [0.3, 0.4) is 0 Å². The molecule has 0 aliphatic heterocycles. The van der Waals surface area contributed by atoms with E-state index in [1.807, 2.05) is 0 Å². The Morgan fingerprint density at radius 1 is 0.426 bits per heavy atom. The van der Waals surface area contributed by atoms with Crippen LogP contribution in [0, 0.1) is 0 Å². The van der Waals surface area contributed by atoms with Crippen LogP contribution in [0.1, 0.15) is 226 Å². The summed E-state index contributed by atoms with van der Waals surface area (Å²) < 4.78 is 32.6. The van der Waals surface area contributed by atoms with Crippen molar-refractivity contribution in [1.29, 1.82) is 0 Å². The molecule has 0 fully saturated rings. The van der Waals surface area contributed by atoms with E-state index < -0.39 is 58.4 Å². The summed E-state index contributed by atoms with van der Waals surface area (Å²) >= 11 is 0. The van der Waals surface area contributed by atoms with Gasteiger partial charge in [-0.25, -0.2) is 4.57 Å². The Balaban J connectivity index is 3.83. The first-order valence-electron chi connectivity index (χ1n) is 22.5. The van der Waals surface area contributed by atoms with Gasteiger partial charge in [-0.15, -0.1) is 0 Å². The zero-order valence-corrected chi connectivity index (χ0v) is 35.9. The van der Waals surface area contributed by atoms with Gasteiger partial charge in [0.25, 0.3) is 0 Å². The quantitative estimate of drug-likeness (QED) is 0.0309. The first-order valence-corrected chi connectivity index (χ1v) is 24.0. The Labute approximate surface area is 331 Å². The second-order valence-corrected chi connectivity index (χ2v) is 16.9. The third-order valence-electron chi connectivity index (χ3n) is 10.1. The van der Waals surface area contributed by atoms with E-state index in [0.29, 0.717) is 12.8 Å². The summed E-state index contributed by atoms with van der Waals surface area (Å²) in [7, 11) is -4.62. The van der Waals surface area contributed by atoms with Crippen LogP contribution in [0.15, 0.2) is 0 Å². The molecule has 0 aliphatic carbocycles. The Morgan fingerprint density at radius 2 is 0.648 bits per heavy atom. The van der Waals surface area contributed by atoms with Gasteiger partial charge in [0, 0.05) is 12.8 Å². The molecule has 54 heavy (non-hydrogen) atoms. The predicted molar refractivity (Wildman–Crippen MR) is 219 cm³/mol. The lowest BCUT2D eigenvalue weighted by molar-refractivity contribution is -0.153. The van der Waals surface area contributed by atoms with Crippen molar-refractivity contribution in [3.05, 3.63) is 0 Å². The lowest BCUT2D eigenvalue weighted by atomic mass is 10.0. The molecule has 3 N–H and O–H groups in total. The maximum atomic E-state index is 12.3. The minimum absolute atomic E-state index is 0.198.